The van der Waals surface area contributed by atoms with Crippen molar-refractivity contribution >= 4 is 23.9 Å². The molecule has 4 bridgehead atoms. The van der Waals surface area contributed by atoms with Crippen molar-refractivity contribution in [1.29, 1.82) is 0 Å². The molecule has 13 heteroatoms. The fourth-order valence-electron chi connectivity index (χ4n) is 13.1. The average Bonchev–Trinajstić information content (AvgIpc) is 3.22. The van der Waals surface area contributed by atoms with Gasteiger partial charge in [-0.05, 0) is 65.2 Å². The van der Waals surface area contributed by atoms with Crippen molar-refractivity contribution in [1.82, 2.24) is 4.90 Å². The molecule has 3 heterocycles. The lowest BCUT2D eigenvalue weighted by Crippen LogP contribution is -2.87. The maximum absolute atomic E-state index is 13.5. The van der Waals surface area contributed by atoms with Gasteiger partial charge in [-0.1, -0.05) is 19.9 Å². The Morgan fingerprint density at radius 2 is 1.45 bits per heavy atom. The molecule has 7 aliphatic rings. The van der Waals surface area contributed by atoms with Crippen LogP contribution >= 0.6 is 0 Å². The van der Waals surface area contributed by atoms with E-state index in [1.165, 1.54) is 20.8 Å². The van der Waals surface area contributed by atoms with E-state index in [1.807, 2.05) is 6.92 Å². The molecule has 0 aromatic rings. The predicted octanol–water partition coefficient (Wildman–Crippen LogP) is 2.70. The largest absolute Gasteiger partial charge is 0.454 e. The van der Waals surface area contributed by atoms with Crippen molar-refractivity contribution in [2.24, 2.45) is 29.1 Å². The number of piperidine rings is 2. The van der Waals surface area contributed by atoms with E-state index in [2.05, 4.69) is 11.8 Å². The molecule has 0 unspecified atom stereocenters. The lowest BCUT2D eigenvalue weighted by atomic mass is 9.48. The summed E-state index contributed by atoms with van der Waals surface area (Å²) < 4.78 is 32.4. The first-order valence-corrected chi connectivity index (χ1v) is 18.7. The Morgan fingerprint density at radius 3 is 2.08 bits per heavy atom. The molecule has 3 saturated heterocycles. The van der Waals surface area contributed by atoms with Crippen LogP contribution in [0.3, 0.4) is 0 Å². The number of nitrogens with zero attached hydrogens (tertiary/aromatic N) is 1. The molecule has 284 valence electrons. The number of hydrogen-bond donors (Lipinski definition) is 3. The Kier molecular flexibility index (Phi) is 8.26. The molecule has 3 aliphatic heterocycles. The second-order valence-corrected chi connectivity index (χ2v) is 17.3. The Bertz CT molecular complexity index is 1560. The number of carbonyl (C=O) groups is 4. The van der Waals surface area contributed by atoms with E-state index in [0.717, 1.165) is 6.42 Å². The van der Waals surface area contributed by atoms with Crippen LogP contribution in [0.5, 0.6) is 0 Å². The van der Waals surface area contributed by atoms with Crippen molar-refractivity contribution in [3.8, 4) is 0 Å². The minimum Gasteiger partial charge on any atom is -0.454 e. The highest BCUT2D eigenvalue weighted by Crippen LogP contribution is 2.79. The van der Waals surface area contributed by atoms with Gasteiger partial charge in [0.25, 0.3) is 0 Å². The Hall–Kier alpha value is -2.58. The lowest BCUT2D eigenvalue weighted by Gasteiger charge is -2.69. The number of carbonyl (C=O) groups excluding carboxylic acids is 4. The van der Waals surface area contributed by atoms with Crippen molar-refractivity contribution in [3.63, 3.8) is 0 Å². The molecule has 51 heavy (non-hydrogen) atoms. The van der Waals surface area contributed by atoms with Gasteiger partial charge >= 0.3 is 23.9 Å². The maximum Gasteiger partial charge on any atom is 0.333 e. The summed E-state index contributed by atoms with van der Waals surface area (Å²) in [5.41, 5.74) is -9.01. The van der Waals surface area contributed by atoms with Gasteiger partial charge in [0.2, 0.25) is 5.79 Å². The van der Waals surface area contributed by atoms with Gasteiger partial charge in [0, 0.05) is 75.6 Å². The molecule has 0 radical (unpaired) electrons. The molecule has 3 N–H and O–H groups in total. The zero-order valence-corrected chi connectivity index (χ0v) is 31.2. The first-order chi connectivity index (χ1) is 23.7. The first-order valence-electron chi connectivity index (χ1n) is 18.7. The molecule has 4 aliphatic carbocycles. The summed E-state index contributed by atoms with van der Waals surface area (Å²) in [6.07, 6.45) is 1.65. The summed E-state index contributed by atoms with van der Waals surface area (Å²) in [7, 11) is 0. The molecule has 0 aromatic heterocycles. The standard InChI is InChI=1S/C38H55NO12/c1-9-21(3)31(44)47-30-14-15-32(7)25-11-12-26-34(48-22(4)40)16-29(43)37(50-24(6)42)27(18-39-17-20(2)10-13-28(39)33(37,8)45)36(34,49-23(5)41)19-35(26,32)51-38(25,30)46/h9,20,25-30,43,45-46H,10-19H2,1-8H3/b21-9-/t20-,25-,26-,27-,28-,29-,30-,32-,33+,34+,35+,36+,37-,38-/m0/s1. The molecule has 7 rings (SSSR count). The molecule has 13 nitrogen and oxygen atoms in total. The SMILES string of the molecule is C/C=C(/C)C(=O)O[C@H]1CC[C@@]2(C)[C@@H]3CC[C@@H]4[C@@]2(C[C@@]2(OC(C)=O)[C@@H]5CN6C[C@@H](C)CC[C@H]6[C@@](C)(O)[C@@]5(OC(C)=O)[C@@H](O)C[C@@]42OC(C)=O)O[C@]13O. The number of fused-ring (bicyclic) bond motifs is 5. The topological polar surface area (TPSA) is 178 Å². The molecule has 4 saturated carbocycles. The highest BCUT2D eigenvalue weighted by atomic mass is 16.7. The molecule has 0 amide bonds. The smallest absolute Gasteiger partial charge is 0.333 e. The van der Waals surface area contributed by atoms with Crippen LogP contribution in [0.25, 0.3) is 0 Å². The number of allylic oxidation sites excluding steroid dienone is 1. The van der Waals surface area contributed by atoms with Gasteiger partial charge in [-0.25, -0.2) is 4.79 Å². The van der Waals surface area contributed by atoms with Crippen molar-refractivity contribution in [3.05, 3.63) is 11.6 Å². The Labute approximate surface area is 299 Å². The summed E-state index contributed by atoms with van der Waals surface area (Å²) in [5, 5.41) is 38.1. The van der Waals surface area contributed by atoms with E-state index in [4.69, 9.17) is 23.7 Å². The molecule has 7 fully saturated rings. The number of esters is 4. The molecule has 1 spiro atoms. The highest BCUT2D eigenvalue weighted by Gasteiger charge is 2.92. The van der Waals surface area contributed by atoms with Crippen LogP contribution in [0.15, 0.2) is 11.6 Å². The fraction of sp³-hybridized carbons (Fsp3) is 0.842. The Balaban J connectivity index is 1.47. The minimum absolute atomic E-state index is 0.0774. The van der Waals surface area contributed by atoms with E-state index in [0.29, 0.717) is 44.2 Å². The molecule has 14 atom stereocenters. The van der Waals surface area contributed by atoms with Gasteiger partial charge in [0.1, 0.15) is 11.7 Å². The molecular weight excluding hydrogens is 662 g/mol. The van der Waals surface area contributed by atoms with Crippen LogP contribution in [-0.2, 0) is 42.9 Å². The Morgan fingerprint density at radius 1 is 0.824 bits per heavy atom. The molecule has 0 aromatic carbocycles. The normalized spacial score (nSPS) is 51.3. The van der Waals surface area contributed by atoms with Crippen LogP contribution in [0.4, 0.5) is 0 Å². The fourth-order valence-corrected chi connectivity index (χ4v) is 13.1. The van der Waals surface area contributed by atoms with Gasteiger partial charge in [0.05, 0.1) is 11.5 Å². The summed E-state index contributed by atoms with van der Waals surface area (Å²) in [5.74, 6) is -6.56. The lowest BCUT2D eigenvalue weighted by molar-refractivity contribution is -0.357. The van der Waals surface area contributed by atoms with Gasteiger partial charge in [-0.3, -0.25) is 19.3 Å². The quantitative estimate of drug-likeness (QED) is 0.215. The summed E-state index contributed by atoms with van der Waals surface area (Å²) in [6, 6.07) is -0.489. The van der Waals surface area contributed by atoms with Gasteiger partial charge in [0.15, 0.2) is 22.9 Å². The van der Waals surface area contributed by atoms with Gasteiger partial charge in [-0.2, -0.15) is 0 Å². The van der Waals surface area contributed by atoms with Crippen LogP contribution in [0, 0.1) is 29.1 Å². The minimum atomic E-state index is -1.98. The predicted molar refractivity (Wildman–Crippen MR) is 178 cm³/mol. The summed E-state index contributed by atoms with van der Waals surface area (Å²) in [4.78, 5) is 55.2. The second kappa shape index (κ2) is 11.5. The van der Waals surface area contributed by atoms with Crippen molar-refractivity contribution in [2.75, 3.05) is 13.1 Å². The summed E-state index contributed by atoms with van der Waals surface area (Å²) >= 11 is 0. The van der Waals surface area contributed by atoms with Crippen LogP contribution in [0.2, 0.25) is 0 Å². The van der Waals surface area contributed by atoms with Crippen molar-refractivity contribution < 1.29 is 58.2 Å². The zero-order chi connectivity index (χ0) is 37.3. The number of ether oxygens (including phenoxy) is 5. The number of aliphatic hydroxyl groups is 3. The van der Waals surface area contributed by atoms with E-state index < -0.39 is 99.1 Å². The van der Waals surface area contributed by atoms with E-state index in [-0.39, 0.29) is 25.3 Å². The third-order valence-electron chi connectivity index (χ3n) is 14.9. The van der Waals surface area contributed by atoms with E-state index >= 15 is 0 Å². The number of hydrogen-bond acceptors (Lipinski definition) is 13. The van der Waals surface area contributed by atoms with E-state index in [1.54, 1.807) is 26.8 Å². The zero-order valence-electron chi connectivity index (χ0n) is 31.2. The molecular formula is C38H55NO12. The number of rotatable bonds is 5. The van der Waals surface area contributed by atoms with Crippen LogP contribution < -0.4 is 0 Å². The van der Waals surface area contributed by atoms with Gasteiger partial charge in [-0.15, -0.1) is 0 Å². The van der Waals surface area contributed by atoms with Crippen LogP contribution in [0.1, 0.15) is 107 Å². The van der Waals surface area contributed by atoms with Crippen LogP contribution in [-0.4, -0.2) is 109 Å². The highest BCUT2D eigenvalue weighted by molar-refractivity contribution is 5.87. The van der Waals surface area contributed by atoms with Gasteiger partial charge < -0.3 is 39.0 Å². The first kappa shape index (κ1) is 36.8. The van der Waals surface area contributed by atoms with Crippen molar-refractivity contribution in [2.45, 2.75) is 159 Å². The average molecular weight is 718 g/mol. The maximum atomic E-state index is 13.5. The summed E-state index contributed by atoms with van der Waals surface area (Å²) in [6.45, 7) is 13.6. The van der Waals surface area contributed by atoms with E-state index in [9.17, 15) is 34.5 Å². The third kappa shape index (κ3) is 4.44. The number of aliphatic hydroxyl groups excluding tert-OH is 1. The third-order valence-corrected chi connectivity index (χ3v) is 14.9. The second-order valence-electron chi connectivity index (χ2n) is 17.3. The monoisotopic (exact) mass is 717 g/mol.